The van der Waals surface area contributed by atoms with Gasteiger partial charge >= 0.3 is 0 Å². The van der Waals surface area contributed by atoms with Gasteiger partial charge in [0, 0.05) is 17.5 Å². The van der Waals surface area contributed by atoms with Crippen molar-refractivity contribution in [3.05, 3.63) is 35.4 Å². The molecule has 0 atom stereocenters. The second kappa shape index (κ2) is 6.37. The fourth-order valence-electron chi connectivity index (χ4n) is 1.50. The van der Waals surface area contributed by atoms with Crippen LogP contribution >= 0.6 is 34.7 Å². The molecule has 112 valence electrons. The topological polar surface area (TPSA) is 89.3 Å². The van der Waals surface area contributed by atoms with Crippen molar-refractivity contribution >= 4 is 56.3 Å². The molecule has 2 rings (SSSR count). The maximum Gasteiger partial charge on any atom is 0.249 e. The molecule has 0 saturated carbocycles. The molecule has 0 aliphatic carbocycles. The second-order valence-electron chi connectivity index (χ2n) is 4.05. The fourth-order valence-corrected chi connectivity index (χ4v) is 5.30. The molecule has 0 unspecified atom stereocenters. The molecule has 0 bridgehead atoms. The first-order valence-corrected chi connectivity index (χ1v) is 9.19. The summed E-state index contributed by atoms with van der Waals surface area (Å²) >= 11 is 8.26. The Morgan fingerprint density at radius 1 is 1.33 bits per heavy atom. The number of nitrogens with two attached hydrogens (primary N) is 1. The van der Waals surface area contributed by atoms with Crippen LogP contribution in [-0.2, 0) is 14.8 Å². The van der Waals surface area contributed by atoms with E-state index in [2.05, 4.69) is 5.32 Å². The smallest absolute Gasteiger partial charge is 0.249 e. The van der Waals surface area contributed by atoms with Gasteiger partial charge in [0.1, 0.15) is 0 Å². The molecule has 9 heteroatoms. The van der Waals surface area contributed by atoms with Gasteiger partial charge in [-0.25, -0.2) is 13.6 Å². The van der Waals surface area contributed by atoms with Gasteiger partial charge in [-0.1, -0.05) is 23.4 Å². The predicted molar refractivity (Wildman–Crippen MR) is 85.6 cm³/mol. The van der Waals surface area contributed by atoms with E-state index < -0.39 is 10.0 Å². The van der Waals surface area contributed by atoms with E-state index in [-0.39, 0.29) is 15.1 Å². The summed E-state index contributed by atoms with van der Waals surface area (Å²) < 4.78 is 23.3. The molecule has 3 N–H and O–H groups in total. The summed E-state index contributed by atoms with van der Waals surface area (Å²) in [5.74, 6) is -0.141. The van der Waals surface area contributed by atoms with Crippen LogP contribution in [0.25, 0.3) is 0 Å². The van der Waals surface area contributed by atoms with Gasteiger partial charge in [0.05, 0.1) is 9.23 Å². The van der Waals surface area contributed by atoms with Gasteiger partial charge in [-0.05, 0) is 30.3 Å². The molecule has 1 aromatic heterocycles. The quantitative estimate of drug-likeness (QED) is 0.874. The van der Waals surface area contributed by atoms with E-state index in [0.29, 0.717) is 5.69 Å². The Hall–Kier alpha value is -1.06. The summed E-state index contributed by atoms with van der Waals surface area (Å²) in [6.07, 6.45) is 0. The molecule has 2 aromatic rings. The first-order valence-electron chi connectivity index (χ1n) is 5.63. The van der Waals surface area contributed by atoms with E-state index in [1.165, 1.54) is 18.7 Å². The minimum atomic E-state index is -3.80. The van der Waals surface area contributed by atoms with Gasteiger partial charge in [0.2, 0.25) is 15.9 Å². The molecule has 0 spiro atoms. The summed E-state index contributed by atoms with van der Waals surface area (Å²) in [6, 6.07) is 8.73. The van der Waals surface area contributed by atoms with Crippen molar-refractivity contribution in [2.75, 3.05) is 5.32 Å². The molecule has 0 aliphatic heterocycles. The lowest BCUT2D eigenvalue weighted by atomic mass is 10.3. The van der Waals surface area contributed by atoms with Crippen molar-refractivity contribution < 1.29 is 13.2 Å². The number of sulfonamides is 1. The van der Waals surface area contributed by atoms with Crippen LogP contribution in [0, 0.1) is 0 Å². The first kappa shape index (κ1) is 16.3. The van der Waals surface area contributed by atoms with Crippen LogP contribution in [0.1, 0.15) is 6.92 Å². The molecule has 0 aliphatic rings. The summed E-state index contributed by atoms with van der Waals surface area (Å²) in [7, 11) is -3.80. The Morgan fingerprint density at radius 3 is 2.43 bits per heavy atom. The first-order chi connectivity index (χ1) is 9.75. The van der Waals surface area contributed by atoms with E-state index in [1.54, 1.807) is 18.2 Å². The molecule has 21 heavy (non-hydrogen) atoms. The van der Waals surface area contributed by atoms with Gasteiger partial charge in [0.25, 0.3) is 0 Å². The van der Waals surface area contributed by atoms with Crippen LogP contribution in [0.4, 0.5) is 5.69 Å². The number of carbonyl (C=O) groups is 1. The third kappa shape index (κ3) is 4.45. The number of amides is 1. The summed E-state index contributed by atoms with van der Waals surface area (Å²) in [4.78, 5) is 11.8. The molecule has 1 amide bonds. The maximum atomic E-state index is 11.3. The molecular weight excluding hydrogens is 352 g/mol. The number of halogens is 1. The third-order valence-electron chi connectivity index (χ3n) is 2.28. The van der Waals surface area contributed by atoms with E-state index in [1.807, 2.05) is 12.1 Å². The van der Waals surface area contributed by atoms with Gasteiger partial charge < -0.3 is 5.32 Å². The number of benzene rings is 1. The fraction of sp³-hybridized carbons (Fsp3) is 0.0833. The highest BCUT2D eigenvalue weighted by Gasteiger charge is 2.18. The van der Waals surface area contributed by atoms with Crippen molar-refractivity contribution in [3.63, 3.8) is 0 Å². The zero-order chi connectivity index (χ0) is 15.6. The minimum Gasteiger partial charge on any atom is -0.326 e. The van der Waals surface area contributed by atoms with E-state index >= 15 is 0 Å². The molecular formula is C12H11ClN2O3S3. The number of carbonyl (C=O) groups excluding carboxylic acids is 1. The summed E-state index contributed by atoms with van der Waals surface area (Å²) in [5.41, 5.74) is 0.696. The van der Waals surface area contributed by atoms with Crippen molar-refractivity contribution in [1.29, 1.82) is 0 Å². The average molecular weight is 363 g/mol. The molecule has 0 saturated heterocycles. The van der Waals surface area contributed by atoms with Crippen LogP contribution in [0.3, 0.4) is 0 Å². The molecule has 0 radical (unpaired) electrons. The van der Waals surface area contributed by atoms with Crippen LogP contribution < -0.4 is 10.5 Å². The van der Waals surface area contributed by atoms with Crippen LogP contribution in [0.5, 0.6) is 0 Å². The lowest BCUT2D eigenvalue weighted by Gasteiger charge is -2.03. The van der Waals surface area contributed by atoms with E-state index in [4.69, 9.17) is 16.7 Å². The Labute approximate surface area is 135 Å². The van der Waals surface area contributed by atoms with E-state index in [0.717, 1.165) is 20.4 Å². The highest BCUT2D eigenvalue weighted by molar-refractivity contribution is 8.01. The van der Waals surface area contributed by atoms with Crippen molar-refractivity contribution in [2.24, 2.45) is 5.14 Å². The Morgan fingerprint density at radius 2 is 1.95 bits per heavy atom. The molecule has 1 heterocycles. The van der Waals surface area contributed by atoms with Crippen molar-refractivity contribution in [2.45, 2.75) is 20.2 Å². The number of hydrogen-bond acceptors (Lipinski definition) is 5. The Balaban J connectivity index is 2.17. The highest BCUT2D eigenvalue weighted by atomic mass is 35.5. The summed E-state index contributed by atoms with van der Waals surface area (Å²) in [6.45, 7) is 1.44. The predicted octanol–water partition coefficient (Wildman–Crippen LogP) is 3.16. The van der Waals surface area contributed by atoms with Crippen LogP contribution in [0.15, 0.2) is 43.6 Å². The third-order valence-corrected chi connectivity index (χ3v) is 6.54. The number of nitrogens with one attached hydrogen (secondary N) is 1. The average Bonchev–Trinajstić information content (AvgIpc) is 2.72. The Kier molecular flexibility index (Phi) is 4.95. The zero-order valence-electron chi connectivity index (χ0n) is 10.8. The normalized spacial score (nSPS) is 11.4. The lowest BCUT2D eigenvalue weighted by Crippen LogP contribution is -2.10. The standard InChI is InChI=1S/C12H11ClN2O3S3/c1-7(16)15-8-2-4-9(5-3-8)19-11-6-10(13)12(20-11)21(14,17)18/h2-6H,1H3,(H,15,16)(H2,14,17,18). The number of primary sulfonamides is 1. The van der Waals surface area contributed by atoms with Gasteiger partial charge in [-0.3, -0.25) is 4.79 Å². The van der Waals surface area contributed by atoms with Crippen molar-refractivity contribution in [3.8, 4) is 0 Å². The SMILES string of the molecule is CC(=O)Nc1ccc(Sc2cc(Cl)c(S(N)(=O)=O)s2)cc1. The van der Waals surface area contributed by atoms with Crippen LogP contribution in [0.2, 0.25) is 5.02 Å². The van der Waals surface area contributed by atoms with Crippen molar-refractivity contribution in [1.82, 2.24) is 0 Å². The molecule has 0 fully saturated rings. The van der Waals surface area contributed by atoms with Gasteiger partial charge in [0.15, 0.2) is 4.21 Å². The molecule has 1 aromatic carbocycles. The molecule has 5 nitrogen and oxygen atoms in total. The number of rotatable bonds is 4. The monoisotopic (exact) mass is 362 g/mol. The minimum absolute atomic E-state index is 0.0402. The lowest BCUT2D eigenvalue weighted by molar-refractivity contribution is -0.114. The summed E-state index contributed by atoms with van der Waals surface area (Å²) in [5, 5.41) is 7.87. The van der Waals surface area contributed by atoms with E-state index in [9.17, 15) is 13.2 Å². The second-order valence-corrected chi connectivity index (χ2v) is 8.64. The maximum absolute atomic E-state index is 11.3. The number of anilines is 1. The van der Waals surface area contributed by atoms with Gasteiger partial charge in [-0.2, -0.15) is 0 Å². The Bertz CT molecular complexity index is 770. The highest BCUT2D eigenvalue weighted by Crippen LogP contribution is 2.39. The largest absolute Gasteiger partial charge is 0.326 e. The zero-order valence-corrected chi connectivity index (χ0v) is 14.0. The van der Waals surface area contributed by atoms with Crippen LogP contribution in [-0.4, -0.2) is 14.3 Å². The number of thiophene rings is 1. The number of hydrogen-bond donors (Lipinski definition) is 2. The van der Waals surface area contributed by atoms with Gasteiger partial charge in [-0.15, -0.1) is 11.3 Å².